The molecule has 2 saturated heterocycles. The summed E-state index contributed by atoms with van der Waals surface area (Å²) < 4.78 is 91.8. The molecular weight excluding hydrogens is 689 g/mol. The molecule has 0 radical (unpaired) electrons. The zero-order valence-electron chi connectivity index (χ0n) is 28.2. The second kappa shape index (κ2) is 13.3. The van der Waals surface area contributed by atoms with E-state index in [9.17, 15) is 22.4 Å². The van der Waals surface area contributed by atoms with Crippen LogP contribution in [0.15, 0.2) is 12.1 Å². The normalized spacial score (nSPS) is 21.1. The van der Waals surface area contributed by atoms with Gasteiger partial charge >= 0.3 is 18.3 Å². The van der Waals surface area contributed by atoms with Gasteiger partial charge in [0.05, 0.1) is 22.7 Å². The van der Waals surface area contributed by atoms with Gasteiger partial charge in [0.1, 0.15) is 40.8 Å². The fourth-order valence-corrected chi connectivity index (χ4v) is 7.21. The van der Waals surface area contributed by atoms with Crippen LogP contribution in [0.2, 0.25) is 5.02 Å². The third-order valence-electron chi connectivity index (χ3n) is 9.12. The minimum absolute atomic E-state index is 0.00660. The van der Waals surface area contributed by atoms with Crippen LogP contribution in [0, 0.1) is 5.82 Å². The highest BCUT2D eigenvalue weighted by Crippen LogP contribution is 2.46. The molecule has 0 unspecified atom stereocenters. The van der Waals surface area contributed by atoms with Gasteiger partial charge in [0.15, 0.2) is 5.82 Å². The molecule has 1 aromatic carbocycles. The SMILES string of the molecule is CN(CCN1CCCOc2nc(-c3cc(N)cc(Cl)c3C(F)(F)F)c(F)c3nc(OC[C@@]45CCCN4C[C@H](F)C5)nc1c23)C(=O)OC(C)(C)C. The summed E-state index contributed by atoms with van der Waals surface area (Å²) in [5, 5.41) is -0.722. The van der Waals surface area contributed by atoms with Crippen molar-refractivity contribution in [3.63, 3.8) is 0 Å². The molecule has 2 N–H and O–H groups in total. The number of pyridine rings is 1. The number of hydrogen-bond acceptors (Lipinski definition) is 10. The molecule has 0 spiro atoms. The van der Waals surface area contributed by atoms with Crippen LogP contribution in [0.25, 0.3) is 22.2 Å². The number of benzene rings is 1. The van der Waals surface area contributed by atoms with E-state index in [1.807, 2.05) is 4.90 Å². The molecule has 3 aromatic rings. The maximum Gasteiger partial charge on any atom is 0.418 e. The Morgan fingerprint density at radius 1 is 1.18 bits per heavy atom. The van der Waals surface area contributed by atoms with Gasteiger partial charge in [-0.3, -0.25) is 4.90 Å². The minimum atomic E-state index is -4.99. The number of halogens is 6. The van der Waals surface area contributed by atoms with Crippen molar-refractivity contribution >= 4 is 40.1 Å². The van der Waals surface area contributed by atoms with Crippen LogP contribution in [0.4, 0.5) is 38.3 Å². The van der Waals surface area contributed by atoms with E-state index in [0.717, 1.165) is 18.6 Å². The molecule has 3 aliphatic rings. The van der Waals surface area contributed by atoms with Crippen molar-refractivity contribution in [3.05, 3.63) is 28.5 Å². The van der Waals surface area contributed by atoms with Crippen molar-refractivity contribution < 1.29 is 41.0 Å². The number of aromatic nitrogens is 3. The average molecular weight is 728 g/mol. The molecule has 2 atom stereocenters. The highest BCUT2D eigenvalue weighted by molar-refractivity contribution is 6.32. The van der Waals surface area contributed by atoms with Crippen molar-refractivity contribution in [3.8, 4) is 23.1 Å². The Kier molecular flexibility index (Phi) is 9.56. The monoisotopic (exact) mass is 727 g/mol. The van der Waals surface area contributed by atoms with Crippen molar-refractivity contribution in [2.45, 2.75) is 69.9 Å². The average Bonchev–Trinajstić information content (AvgIpc) is 3.52. The number of fused-ring (bicyclic) bond motifs is 1. The minimum Gasteiger partial charge on any atom is -0.477 e. The quantitative estimate of drug-likeness (QED) is 0.214. The molecule has 6 rings (SSSR count). The summed E-state index contributed by atoms with van der Waals surface area (Å²) in [5.74, 6) is -1.26. The van der Waals surface area contributed by atoms with E-state index in [1.54, 1.807) is 32.7 Å². The lowest BCUT2D eigenvalue weighted by Crippen LogP contribution is -2.43. The molecule has 11 nitrogen and oxygen atoms in total. The van der Waals surface area contributed by atoms with E-state index in [0.29, 0.717) is 25.9 Å². The van der Waals surface area contributed by atoms with Gasteiger partial charge in [-0.25, -0.2) is 18.6 Å². The topological polar surface area (TPSA) is 119 Å². The maximum atomic E-state index is 16.8. The predicted octanol–water partition coefficient (Wildman–Crippen LogP) is 6.50. The summed E-state index contributed by atoms with van der Waals surface area (Å²) in [6.07, 6.45) is -4.35. The lowest BCUT2D eigenvalue weighted by atomic mass is 9.95. The van der Waals surface area contributed by atoms with E-state index >= 15 is 4.39 Å². The van der Waals surface area contributed by atoms with E-state index < -0.39 is 62.8 Å². The summed E-state index contributed by atoms with van der Waals surface area (Å²) in [7, 11) is 1.58. The van der Waals surface area contributed by atoms with Gasteiger partial charge in [-0.1, -0.05) is 11.6 Å². The number of carbonyl (C=O) groups is 1. The van der Waals surface area contributed by atoms with Gasteiger partial charge in [-0.2, -0.15) is 23.1 Å². The Balaban J connectivity index is 1.48. The van der Waals surface area contributed by atoms with E-state index in [4.69, 9.17) is 31.5 Å². The molecule has 0 aliphatic carbocycles. The number of rotatable bonds is 7. The number of likely N-dealkylation sites (N-methyl/N-ethyl adjacent to an activating group) is 1. The van der Waals surface area contributed by atoms with E-state index in [2.05, 4.69) is 15.0 Å². The van der Waals surface area contributed by atoms with Crippen molar-refractivity contribution in [1.29, 1.82) is 0 Å². The zero-order valence-corrected chi connectivity index (χ0v) is 28.9. The number of nitrogens with zero attached hydrogens (tertiary/aromatic N) is 6. The van der Waals surface area contributed by atoms with Gasteiger partial charge in [0.2, 0.25) is 5.88 Å². The number of hydrogen-bond donors (Lipinski definition) is 1. The molecule has 50 heavy (non-hydrogen) atoms. The molecule has 5 heterocycles. The number of nitrogen functional groups attached to an aromatic ring is 1. The largest absolute Gasteiger partial charge is 0.477 e. The molecule has 3 aliphatic heterocycles. The molecular formula is C33H39ClF5N7O4. The van der Waals surface area contributed by atoms with Crippen LogP contribution in [0.1, 0.15) is 52.0 Å². The van der Waals surface area contributed by atoms with Crippen molar-refractivity contribution in [1.82, 2.24) is 24.8 Å². The third kappa shape index (κ3) is 7.13. The fourth-order valence-electron chi connectivity index (χ4n) is 6.88. The number of ether oxygens (including phenoxy) is 3. The molecule has 0 bridgehead atoms. The molecule has 2 fully saturated rings. The Morgan fingerprint density at radius 3 is 2.66 bits per heavy atom. The molecule has 1 amide bonds. The first-order chi connectivity index (χ1) is 23.5. The number of amides is 1. The van der Waals surface area contributed by atoms with Crippen LogP contribution < -0.4 is 20.1 Å². The second-order valence-electron chi connectivity index (χ2n) is 14.0. The van der Waals surface area contributed by atoms with E-state index in [-0.39, 0.29) is 68.1 Å². The Labute approximate surface area is 290 Å². The number of alkyl halides is 4. The Hall–Kier alpha value is -3.92. The zero-order chi connectivity index (χ0) is 36.2. The molecule has 17 heteroatoms. The standard InChI is InChI=1S/C33H39ClF5N7O4/c1-31(2,3)50-30(47)44(4)10-11-45-8-6-12-48-28-22-26(24(36)25(41-28)20-13-19(40)14-21(34)23(20)33(37,38)39)42-29(43-27(22)45)49-17-32-7-5-9-46(32)16-18(35)15-32/h13-14,18H,5-12,15-17,40H2,1-4H3/t18-,32+/m1/s1. The first-order valence-electron chi connectivity index (χ1n) is 16.4. The highest BCUT2D eigenvalue weighted by Gasteiger charge is 2.49. The van der Waals surface area contributed by atoms with Gasteiger partial charge < -0.3 is 29.7 Å². The summed E-state index contributed by atoms with van der Waals surface area (Å²) in [6, 6.07) is 1.62. The van der Waals surface area contributed by atoms with Crippen LogP contribution in [0.5, 0.6) is 11.9 Å². The Morgan fingerprint density at radius 2 is 1.94 bits per heavy atom. The molecule has 0 saturated carbocycles. The first-order valence-corrected chi connectivity index (χ1v) is 16.8. The smallest absolute Gasteiger partial charge is 0.418 e. The Bertz CT molecular complexity index is 1790. The molecule has 2 aromatic heterocycles. The second-order valence-corrected chi connectivity index (χ2v) is 14.4. The van der Waals surface area contributed by atoms with E-state index in [1.165, 1.54) is 4.90 Å². The summed E-state index contributed by atoms with van der Waals surface area (Å²) in [5.41, 5.74) is 1.29. The number of nitrogens with two attached hydrogens (primary N) is 1. The summed E-state index contributed by atoms with van der Waals surface area (Å²) >= 11 is 6.02. The first kappa shape index (κ1) is 35.9. The number of carbonyl (C=O) groups excluding carboxylic acids is 1. The van der Waals surface area contributed by atoms with Gasteiger partial charge in [0, 0.05) is 50.9 Å². The van der Waals surface area contributed by atoms with Crippen LogP contribution >= 0.6 is 11.6 Å². The third-order valence-corrected chi connectivity index (χ3v) is 9.41. The maximum absolute atomic E-state index is 16.8. The summed E-state index contributed by atoms with van der Waals surface area (Å²) in [4.78, 5) is 31.2. The van der Waals surface area contributed by atoms with Gasteiger partial charge in [0.25, 0.3) is 0 Å². The van der Waals surface area contributed by atoms with Gasteiger partial charge in [-0.15, -0.1) is 0 Å². The predicted molar refractivity (Wildman–Crippen MR) is 177 cm³/mol. The van der Waals surface area contributed by atoms with Gasteiger partial charge in [-0.05, 0) is 58.7 Å². The lowest BCUT2D eigenvalue weighted by molar-refractivity contribution is -0.137. The van der Waals surface area contributed by atoms with Crippen LogP contribution in [0.3, 0.4) is 0 Å². The van der Waals surface area contributed by atoms with Crippen LogP contribution in [-0.4, -0.2) is 101 Å². The van der Waals surface area contributed by atoms with Crippen molar-refractivity contribution in [2.75, 3.05) is 63.6 Å². The summed E-state index contributed by atoms with van der Waals surface area (Å²) in [6.45, 7) is 7.07. The highest BCUT2D eigenvalue weighted by atomic mass is 35.5. The van der Waals surface area contributed by atoms with Crippen LogP contribution in [-0.2, 0) is 10.9 Å². The lowest BCUT2D eigenvalue weighted by Gasteiger charge is -2.32. The molecule has 272 valence electrons. The number of anilines is 2. The van der Waals surface area contributed by atoms with Crippen molar-refractivity contribution in [2.24, 2.45) is 0 Å². The fraction of sp³-hybridized carbons (Fsp3) is 0.576.